The monoisotopic (exact) mass is 146 g/mol. The first-order valence-corrected chi connectivity index (χ1v) is 3.45. The minimum atomic E-state index is 0.178. The zero-order valence-electron chi connectivity index (χ0n) is 6.25. The van der Waals surface area contributed by atoms with Crippen molar-refractivity contribution in [1.82, 2.24) is 5.06 Å². The van der Waals surface area contributed by atoms with Crippen LogP contribution >= 0.6 is 0 Å². The molecule has 1 saturated heterocycles. The first-order chi connectivity index (χ1) is 4.83. The van der Waals surface area contributed by atoms with Gasteiger partial charge in [0.15, 0.2) is 0 Å². The molecule has 1 rings (SSSR count). The van der Waals surface area contributed by atoms with Crippen molar-refractivity contribution in [2.45, 2.75) is 6.04 Å². The Morgan fingerprint density at radius 3 is 3.10 bits per heavy atom. The van der Waals surface area contributed by atoms with Crippen LogP contribution in [0.15, 0.2) is 0 Å². The molecule has 1 atom stereocenters. The van der Waals surface area contributed by atoms with Crippen molar-refractivity contribution in [1.29, 1.82) is 0 Å². The van der Waals surface area contributed by atoms with Crippen LogP contribution in [-0.2, 0) is 9.57 Å². The highest BCUT2D eigenvalue weighted by Gasteiger charge is 2.18. The molecule has 4 nitrogen and oxygen atoms in total. The second kappa shape index (κ2) is 3.88. The molecule has 0 aromatic heterocycles. The first-order valence-electron chi connectivity index (χ1n) is 3.45. The normalized spacial score (nSPS) is 27.6. The second-order valence-electron chi connectivity index (χ2n) is 2.44. The molecular weight excluding hydrogens is 132 g/mol. The van der Waals surface area contributed by atoms with E-state index in [1.165, 1.54) is 0 Å². The largest absolute Gasteiger partial charge is 0.383 e. The number of rotatable bonds is 3. The van der Waals surface area contributed by atoms with Gasteiger partial charge < -0.3 is 10.5 Å². The summed E-state index contributed by atoms with van der Waals surface area (Å²) in [5.41, 5.74) is 5.59. The van der Waals surface area contributed by atoms with E-state index in [-0.39, 0.29) is 6.04 Å². The average Bonchev–Trinajstić information content (AvgIpc) is 2.31. The SMILES string of the molecule is COCCN1C[C@@H](N)CO1. The van der Waals surface area contributed by atoms with Gasteiger partial charge in [0.25, 0.3) is 0 Å². The summed E-state index contributed by atoms with van der Waals surface area (Å²) in [7, 11) is 1.68. The molecule has 0 unspecified atom stereocenters. The standard InChI is InChI=1S/C6H14N2O2/c1-9-3-2-8-4-6(7)5-10-8/h6H,2-5,7H2,1H3/t6-/m1/s1. The van der Waals surface area contributed by atoms with E-state index in [4.69, 9.17) is 15.3 Å². The van der Waals surface area contributed by atoms with Crippen LogP contribution < -0.4 is 5.73 Å². The van der Waals surface area contributed by atoms with Crippen molar-refractivity contribution in [3.8, 4) is 0 Å². The van der Waals surface area contributed by atoms with Crippen LogP contribution in [0.1, 0.15) is 0 Å². The predicted octanol–water partition coefficient (Wildman–Crippen LogP) is -0.793. The molecule has 0 radical (unpaired) electrons. The van der Waals surface area contributed by atoms with E-state index in [9.17, 15) is 0 Å². The maximum atomic E-state index is 5.59. The molecule has 1 heterocycles. The first kappa shape index (κ1) is 7.94. The molecule has 60 valence electrons. The molecule has 1 aliphatic rings. The number of hydroxylamine groups is 2. The average molecular weight is 146 g/mol. The molecule has 2 N–H and O–H groups in total. The van der Waals surface area contributed by atoms with Crippen molar-refractivity contribution >= 4 is 0 Å². The molecule has 0 bridgehead atoms. The van der Waals surface area contributed by atoms with Crippen molar-refractivity contribution in [3.63, 3.8) is 0 Å². The van der Waals surface area contributed by atoms with Crippen molar-refractivity contribution in [3.05, 3.63) is 0 Å². The van der Waals surface area contributed by atoms with E-state index in [1.54, 1.807) is 7.11 Å². The topological polar surface area (TPSA) is 47.7 Å². The minimum Gasteiger partial charge on any atom is -0.383 e. The molecule has 10 heavy (non-hydrogen) atoms. The fourth-order valence-electron chi connectivity index (χ4n) is 0.917. The van der Waals surface area contributed by atoms with Gasteiger partial charge in [0.1, 0.15) is 0 Å². The maximum Gasteiger partial charge on any atom is 0.0849 e. The Hall–Kier alpha value is -0.160. The Kier molecular flexibility index (Phi) is 3.08. The number of ether oxygens (including phenoxy) is 1. The lowest BCUT2D eigenvalue weighted by atomic mass is 10.3. The summed E-state index contributed by atoms with van der Waals surface area (Å²) in [4.78, 5) is 5.20. The van der Waals surface area contributed by atoms with E-state index >= 15 is 0 Å². The molecule has 0 amide bonds. The lowest BCUT2D eigenvalue weighted by molar-refractivity contribution is -0.118. The number of methoxy groups -OCH3 is 1. The summed E-state index contributed by atoms with van der Waals surface area (Å²) < 4.78 is 4.88. The summed E-state index contributed by atoms with van der Waals surface area (Å²) in [5.74, 6) is 0. The van der Waals surface area contributed by atoms with Crippen LogP contribution in [0.5, 0.6) is 0 Å². The molecule has 0 aliphatic carbocycles. The Morgan fingerprint density at radius 2 is 2.60 bits per heavy atom. The van der Waals surface area contributed by atoms with E-state index in [1.807, 2.05) is 5.06 Å². The van der Waals surface area contributed by atoms with Crippen LogP contribution in [0.4, 0.5) is 0 Å². The molecule has 0 aromatic rings. The molecule has 1 fully saturated rings. The lowest BCUT2D eigenvalue weighted by Crippen LogP contribution is -2.29. The third kappa shape index (κ3) is 2.22. The van der Waals surface area contributed by atoms with Crippen LogP contribution in [0, 0.1) is 0 Å². The van der Waals surface area contributed by atoms with Gasteiger partial charge in [0.2, 0.25) is 0 Å². The van der Waals surface area contributed by atoms with Crippen LogP contribution in [0.3, 0.4) is 0 Å². The van der Waals surface area contributed by atoms with Gasteiger partial charge in [-0.05, 0) is 0 Å². The molecule has 1 aliphatic heterocycles. The summed E-state index contributed by atoms with van der Waals surface area (Å²) in [6.45, 7) is 2.98. The van der Waals surface area contributed by atoms with Crippen molar-refractivity contribution in [2.24, 2.45) is 5.73 Å². The van der Waals surface area contributed by atoms with Gasteiger partial charge in [0.05, 0.1) is 13.2 Å². The van der Waals surface area contributed by atoms with Gasteiger partial charge in [-0.25, -0.2) is 0 Å². The van der Waals surface area contributed by atoms with E-state index < -0.39 is 0 Å². The fraction of sp³-hybridized carbons (Fsp3) is 1.00. The lowest BCUT2D eigenvalue weighted by Gasteiger charge is -2.11. The maximum absolute atomic E-state index is 5.59. The quantitative estimate of drug-likeness (QED) is 0.566. The summed E-state index contributed by atoms with van der Waals surface area (Å²) >= 11 is 0. The van der Waals surface area contributed by atoms with Crippen molar-refractivity contribution < 1.29 is 9.57 Å². The number of hydrogen-bond donors (Lipinski definition) is 1. The van der Waals surface area contributed by atoms with Crippen LogP contribution in [0.2, 0.25) is 0 Å². The van der Waals surface area contributed by atoms with Crippen LogP contribution in [0.25, 0.3) is 0 Å². The van der Waals surface area contributed by atoms with Crippen LogP contribution in [-0.4, -0.2) is 44.5 Å². The Labute approximate surface area is 60.8 Å². The molecule has 0 spiro atoms. The van der Waals surface area contributed by atoms with E-state index in [0.29, 0.717) is 13.2 Å². The zero-order valence-corrected chi connectivity index (χ0v) is 6.25. The Balaban J connectivity index is 2.06. The van der Waals surface area contributed by atoms with Gasteiger partial charge in [-0.2, -0.15) is 5.06 Å². The number of hydrogen-bond acceptors (Lipinski definition) is 4. The third-order valence-electron chi connectivity index (χ3n) is 1.45. The molecule has 4 heteroatoms. The highest BCUT2D eigenvalue weighted by molar-refractivity contribution is 4.68. The predicted molar refractivity (Wildman–Crippen MR) is 37.4 cm³/mol. The summed E-state index contributed by atoms with van der Waals surface area (Å²) in [5, 5.41) is 1.84. The molecule has 0 saturated carbocycles. The van der Waals surface area contributed by atoms with Gasteiger partial charge in [-0.3, -0.25) is 4.84 Å². The third-order valence-corrected chi connectivity index (χ3v) is 1.45. The summed E-state index contributed by atoms with van der Waals surface area (Å²) in [6.07, 6.45) is 0. The minimum absolute atomic E-state index is 0.178. The fourth-order valence-corrected chi connectivity index (χ4v) is 0.917. The van der Waals surface area contributed by atoms with Gasteiger partial charge >= 0.3 is 0 Å². The summed E-state index contributed by atoms with van der Waals surface area (Å²) in [6, 6.07) is 0.178. The highest BCUT2D eigenvalue weighted by Crippen LogP contribution is 2.01. The molecule has 0 aromatic carbocycles. The Morgan fingerprint density at radius 1 is 1.80 bits per heavy atom. The Bertz CT molecular complexity index is 99.7. The highest BCUT2D eigenvalue weighted by atomic mass is 16.7. The van der Waals surface area contributed by atoms with E-state index in [2.05, 4.69) is 0 Å². The smallest absolute Gasteiger partial charge is 0.0849 e. The number of nitrogens with zero attached hydrogens (tertiary/aromatic N) is 1. The van der Waals surface area contributed by atoms with Gasteiger partial charge in [-0.15, -0.1) is 0 Å². The number of nitrogens with two attached hydrogens (primary N) is 1. The molecular formula is C6H14N2O2. The van der Waals surface area contributed by atoms with Crippen molar-refractivity contribution in [2.75, 3.05) is 33.4 Å². The van der Waals surface area contributed by atoms with Gasteiger partial charge in [0, 0.05) is 26.2 Å². The zero-order chi connectivity index (χ0) is 7.40. The van der Waals surface area contributed by atoms with Gasteiger partial charge in [-0.1, -0.05) is 0 Å². The van der Waals surface area contributed by atoms with E-state index in [0.717, 1.165) is 13.1 Å². The second-order valence-corrected chi connectivity index (χ2v) is 2.44.